The molecule has 20 heavy (non-hydrogen) atoms. The molecule has 110 valence electrons. The molecule has 1 aromatic carbocycles. The Morgan fingerprint density at radius 1 is 1.10 bits per heavy atom. The first kappa shape index (κ1) is 15.0. The summed E-state index contributed by atoms with van der Waals surface area (Å²) >= 11 is 0. The lowest BCUT2D eigenvalue weighted by atomic mass is 10.1. The van der Waals surface area contributed by atoms with E-state index < -0.39 is 0 Å². The van der Waals surface area contributed by atoms with Gasteiger partial charge in [-0.05, 0) is 37.6 Å². The van der Waals surface area contributed by atoms with E-state index in [1.54, 1.807) is 0 Å². The minimum Gasteiger partial charge on any atom is -0.369 e. The van der Waals surface area contributed by atoms with Crippen molar-refractivity contribution in [2.45, 2.75) is 19.3 Å². The zero-order valence-electron chi connectivity index (χ0n) is 12.3. The normalized spacial score (nSPS) is 17.2. The molecule has 1 fully saturated rings. The van der Waals surface area contributed by atoms with Gasteiger partial charge in [0.25, 0.3) is 0 Å². The van der Waals surface area contributed by atoms with Crippen LogP contribution in [0.5, 0.6) is 0 Å². The van der Waals surface area contributed by atoms with Gasteiger partial charge in [0.2, 0.25) is 5.91 Å². The molecule has 0 spiro atoms. The number of primary amides is 1. The molecule has 4 nitrogen and oxygen atoms in total. The number of carbonyl (C=O) groups is 1. The lowest BCUT2D eigenvalue weighted by molar-refractivity contribution is -0.117. The minimum absolute atomic E-state index is 0.271. The second-order valence-corrected chi connectivity index (χ2v) is 5.71. The van der Waals surface area contributed by atoms with Crippen molar-refractivity contribution < 1.29 is 4.79 Å². The third-order valence-corrected chi connectivity index (χ3v) is 3.94. The van der Waals surface area contributed by atoms with Crippen molar-refractivity contribution in [1.29, 1.82) is 0 Å². The van der Waals surface area contributed by atoms with Crippen molar-refractivity contribution in [3.63, 3.8) is 0 Å². The summed E-state index contributed by atoms with van der Waals surface area (Å²) in [5.41, 5.74) is 7.53. The van der Waals surface area contributed by atoms with E-state index in [4.69, 9.17) is 5.73 Å². The first-order chi connectivity index (χ1) is 9.63. The number of rotatable bonds is 6. The smallest absolute Gasteiger partial charge is 0.221 e. The van der Waals surface area contributed by atoms with Crippen LogP contribution in [0.2, 0.25) is 0 Å². The highest BCUT2D eigenvalue weighted by Crippen LogP contribution is 2.08. The Kier molecular flexibility index (Phi) is 5.56. The fourth-order valence-electron chi connectivity index (χ4n) is 2.60. The molecule has 0 aromatic heterocycles. The van der Waals surface area contributed by atoms with Gasteiger partial charge in [-0.15, -0.1) is 0 Å². The van der Waals surface area contributed by atoms with Gasteiger partial charge in [-0.3, -0.25) is 4.79 Å². The molecule has 0 bridgehead atoms. The number of nitrogens with two attached hydrogens (primary N) is 1. The van der Waals surface area contributed by atoms with E-state index in [-0.39, 0.29) is 5.91 Å². The third kappa shape index (κ3) is 4.94. The molecule has 1 heterocycles. The van der Waals surface area contributed by atoms with Gasteiger partial charge in [-0.2, -0.15) is 0 Å². The fourth-order valence-corrected chi connectivity index (χ4v) is 2.60. The molecule has 0 atom stereocenters. The average molecular weight is 275 g/mol. The van der Waals surface area contributed by atoms with Gasteiger partial charge >= 0.3 is 0 Å². The molecule has 1 aliphatic rings. The van der Waals surface area contributed by atoms with Crippen molar-refractivity contribution in [1.82, 2.24) is 9.80 Å². The Labute approximate surface area is 121 Å². The maximum Gasteiger partial charge on any atom is 0.221 e. The number of hydrogen-bond acceptors (Lipinski definition) is 3. The van der Waals surface area contributed by atoms with Gasteiger partial charge in [0.1, 0.15) is 0 Å². The lowest BCUT2D eigenvalue weighted by Gasteiger charge is -2.32. The number of hydrogen-bond donors (Lipinski definition) is 1. The second-order valence-electron chi connectivity index (χ2n) is 5.71. The standard InChI is InChI=1S/C16H25N3O/c1-18-9-11-19(12-10-18)8-2-3-14-4-6-15(7-5-14)13-16(17)20/h4-7H,2-3,8-13H2,1H3,(H2,17,20). The molecule has 1 aromatic rings. The summed E-state index contributed by atoms with van der Waals surface area (Å²) in [5.74, 6) is -0.271. The first-order valence-electron chi connectivity index (χ1n) is 7.40. The zero-order valence-corrected chi connectivity index (χ0v) is 12.3. The quantitative estimate of drug-likeness (QED) is 0.839. The Hall–Kier alpha value is -1.39. The van der Waals surface area contributed by atoms with Crippen molar-refractivity contribution in [3.8, 4) is 0 Å². The maximum atomic E-state index is 10.8. The average Bonchev–Trinajstić information content (AvgIpc) is 2.42. The predicted octanol–water partition coefficient (Wildman–Crippen LogP) is 0.894. The van der Waals surface area contributed by atoms with E-state index in [0.717, 1.165) is 12.0 Å². The molecule has 0 unspecified atom stereocenters. The lowest BCUT2D eigenvalue weighted by Crippen LogP contribution is -2.44. The maximum absolute atomic E-state index is 10.8. The highest BCUT2D eigenvalue weighted by Gasteiger charge is 2.12. The zero-order chi connectivity index (χ0) is 14.4. The van der Waals surface area contributed by atoms with Gasteiger partial charge in [0.05, 0.1) is 6.42 Å². The number of piperazine rings is 1. The molecule has 4 heteroatoms. The second kappa shape index (κ2) is 7.41. The summed E-state index contributed by atoms with van der Waals surface area (Å²) in [6.07, 6.45) is 2.63. The van der Waals surface area contributed by atoms with Crippen LogP contribution in [0.25, 0.3) is 0 Å². The molecular formula is C16H25N3O. The number of benzene rings is 1. The Balaban J connectivity index is 1.70. The van der Waals surface area contributed by atoms with Gasteiger partial charge in [0.15, 0.2) is 0 Å². The molecule has 0 aliphatic carbocycles. The molecule has 1 saturated heterocycles. The Morgan fingerprint density at radius 2 is 1.70 bits per heavy atom. The largest absolute Gasteiger partial charge is 0.369 e. The number of nitrogens with zero attached hydrogens (tertiary/aromatic N) is 2. The van der Waals surface area contributed by atoms with E-state index in [0.29, 0.717) is 6.42 Å². The van der Waals surface area contributed by atoms with Crippen LogP contribution >= 0.6 is 0 Å². The molecule has 0 saturated carbocycles. The summed E-state index contributed by atoms with van der Waals surface area (Å²) in [6.45, 7) is 5.92. The molecule has 2 N–H and O–H groups in total. The third-order valence-electron chi connectivity index (χ3n) is 3.94. The summed E-state index contributed by atoms with van der Waals surface area (Å²) in [6, 6.07) is 8.25. The predicted molar refractivity (Wildman–Crippen MR) is 81.6 cm³/mol. The molecule has 2 rings (SSSR count). The Morgan fingerprint density at radius 3 is 2.30 bits per heavy atom. The van der Waals surface area contributed by atoms with E-state index in [9.17, 15) is 4.79 Å². The van der Waals surface area contributed by atoms with Crippen LogP contribution < -0.4 is 5.73 Å². The highest BCUT2D eigenvalue weighted by molar-refractivity contribution is 5.76. The Bertz CT molecular complexity index is 422. The van der Waals surface area contributed by atoms with Crippen LogP contribution in [0.4, 0.5) is 0 Å². The molecule has 1 aliphatic heterocycles. The van der Waals surface area contributed by atoms with Gasteiger partial charge < -0.3 is 15.5 Å². The van der Waals surface area contributed by atoms with Crippen LogP contribution in [0.3, 0.4) is 0 Å². The van der Waals surface area contributed by atoms with Crippen LogP contribution in [0.15, 0.2) is 24.3 Å². The van der Waals surface area contributed by atoms with Gasteiger partial charge in [-0.25, -0.2) is 0 Å². The summed E-state index contributed by atoms with van der Waals surface area (Å²) in [7, 11) is 2.19. The summed E-state index contributed by atoms with van der Waals surface area (Å²) < 4.78 is 0. The van der Waals surface area contributed by atoms with Gasteiger partial charge in [-0.1, -0.05) is 24.3 Å². The van der Waals surface area contributed by atoms with E-state index in [2.05, 4.69) is 29.0 Å². The minimum atomic E-state index is -0.271. The first-order valence-corrected chi connectivity index (χ1v) is 7.40. The van der Waals surface area contributed by atoms with Gasteiger partial charge in [0, 0.05) is 26.2 Å². The van der Waals surface area contributed by atoms with Crippen molar-refractivity contribution >= 4 is 5.91 Å². The number of amides is 1. The van der Waals surface area contributed by atoms with Crippen LogP contribution in [-0.2, 0) is 17.6 Å². The van der Waals surface area contributed by atoms with Crippen LogP contribution in [0.1, 0.15) is 17.5 Å². The van der Waals surface area contributed by atoms with Crippen LogP contribution in [-0.4, -0.2) is 55.5 Å². The topological polar surface area (TPSA) is 49.6 Å². The number of carbonyl (C=O) groups excluding carboxylic acids is 1. The molecule has 0 radical (unpaired) electrons. The highest BCUT2D eigenvalue weighted by atomic mass is 16.1. The number of aryl methyl sites for hydroxylation is 1. The fraction of sp³-hybridized carbons (Fsp3) is 0.562. The van der Waals surface area contributed by atoms with Crippen molar-refractivity contribution in [2.24, 2.45) is 5.73 Å². The monoisotopic (exact) mass is 275 g/mol. The summed E-state index contributed by atoms with van der Waals surface area (Å²) in [5, 5.41) is 0. The van der Waals surface area contributed by atoms with Crippen LogP contribution in [0, 0.1) is 0 Å². The van der Waals surface area contributed by atoms with E-state index in [1.807, 2.05) is 12.1 Å². The van der Waals surface area contributed by atoms with E-state index in [1.165, 1.54) is 44.7 Å². The SMILES string of the molecule is CN1CCN(CCCc2ccc(CC(N)=O)cc2)CC1. The summed E-state index contributed by atoms with van der Waals surface area (Å²) in [4.78, 5) is 15.8. The van der Waals surface area contributed by atoms with E-state index >= 15 is 0 Å². The molecular weight excluding hydrogens is 250 g/mol. The van der Waals surface area contributed by atoms with Crippen molar-refractivity contribution in [2.75, 3.05) is 39.8 Å². The molecule has 1 amide bonds. The number of likely N-dealkylation sites (N-methyl/N-ethyl adjacent to an activating group) is 1. The van der Waals surface area contributed by atoms with Crippen molar-refractivity contribution in [3.05, 3.63) is 35.4 Å².